The van der Waals surface area contributed by atoms with Crippen molar-refractivity contribution in [2.75, 3.05) is 15.8 Å². The Morgan fingerprint density at radius 3 is 2.38 bits per heavy atom. The molecule has 24 heavy (non-hydrogen) atoms. The van der Waals surface area contributed by atoms with Gasteiger partial charge >= 0.3 is 0 Å². The average molecular weight is 350 g/mol. The van der Waals surface area contributed by atoms with Crippen molar-refractivity contribution >= 4 is 32.9 Å². The topological polar surface area (TPSA) is 114 Å². The van der Waals surface area contributed by atoms with Crippen molar-refractivity contribution in [2.45, 2.75) is 20.3 Å². The molecule has 2 aromatic rings. The first kappa shape index (κ1) is 17.7. The predicted molar refractivity (Wildman–Crippen MR) is 93.1 cm³/mol. The minimum Gasteiger partial charge on any atom is -0.340 e. The third kappa shape index (κ3) is 4.66. The number of pyridine rings is 1. The van der Waals surface area contributed by atoms with Crippen LogP contribution in [0.3, 0.4) is 0 Å². The zero-order valence-electron chi connectivity index (χ0n) is 13.3. The second-order valence-electron chi connectivity index (χ2n) is 5.24. The Morgan fingerprint density at radius 1 is 1.21 bits per heavy atom. The number of hydrogen-bond donors (Lipinski definition) is 2. The third-order valence-electron chi connectivity index (χ3n) is 3.18. The lowest BCUT2D eigenvalue weighted by molar-refractivity contribution is -0.385. The molecule has 1 heterocycles. The van der Waals surface area contributed by atoms with Gasteiger partial charge < -0.3 is 5.32 Å². The molecule has 0 radical (unpaired) electrons. The summed E-state index contributed by atoms with van der Waals surface area (Å²) in [5.41, 5.74) is 1.62. The number of aryl methyl sites for hydroxylation is 1. The fourth-order valence-electron chi connectivity index (χ4n) is 2.08. The van der Waals surface area contributed by atoms with Crippen molar-refractivity contribution in [2.24, 2.45) is 0 Å². The molecule has 2 N–H and O–H groups in total. The molecule has 0 aliphatic carbocycles. The highest BCUT2D eigenvalue weighted by Gasteiger charge is 2.12. The first-order valence-electron chi connectivity index (χ1n) is 7.29. The summed E-state index contributed by atoms with van der Waals surface area (Å²) >= 11 is 0. The summed E-state index contributed by atoms with van der Waals surface area (Å²) in [6.45, 7) is 3.43. The maximum Gasteiger partial charge on any atom is 0.290 e. The molecule has 0 fully saturated rings. The number of sulfonamides is 1. The molecule has 2 rings (SSSR count). The van der Waals surface area contributed by atoms with E-state index in [1.54, 1.807) is 44.2 Å². The molecule has 128 valence electrons. The molecule has 0 saturated heterocycles. The zero-order chi connectivity index (χ0) is 17.7. The Labute approximate surface area is 140 Å². The SMILES string of the molecule is CCCS(=O)(=O)Nc1ccc(Nc2cc(C)c([N+](=O)[O-])cn2)cc1. The van der Waals surface area contributed by atoms with Crippen LogP contribution in [0.2, 0.25) is 0 Å². The van der Waals surface area contributed by atoms with E-state index >= 15 is 0 Å². The third-order valence-corrected chi connectivity index (χ3v) is 4.68. The molecule has 0 atom stereocenters. The van der Waals surface area contributed by atoms with Crippen LogP contribution in [0.5, 0.6) is 0 Å². The van der Waals surface area contributed by atoms with E-state index in [1.165, 1.54) is 6.20 Å². The Morgan fingerprint density at radius 2 is 1.83 bits per heavy atom. The van der Waals surface area contributed by atoms with Gasteiger partial charge in [-0.25, -0.2) is 13.4 Å². The largest absolute Gasteiger partial charge is 0.340 e. The van der Waals surface area contributed by atoms with E-state index in [1.807, 2.05) is 0 Å². The standard InChI is InChI=1S/C15H18N4O4S/c1-3-8-24(22,23)18-13-6-4-12(5-7-13)17-15-9-11(2)14(10-16-15)19(20)21/h4-7,9-10,18H,3,8H2,1-2H3,(H,16,17). The lowest BCUT2D eigenvalue weighted by Gasteiger charge is -2.09. The Bertz CT molecular complexity index is 835. The van der Waals surface area contributed by atoms with Gasteiger partial charge in [0.05, 0.1) is 10.7 Å². The molecular weight excluding hydrogens is 332 g/mol. The van der Waals surface area contributed by atoms with Crippen molar-refractivity contribution in [3.63, 3.8) is 0 Å². The minimum atomic E-state index is -3.32. The van der Waals surface area contributed by atoms with E-state index in [2.05, 4.69) is 15.0 Å². The average Bonchev–Trinajstić information content (AvgIpc) is 2.48. The lowest BCUT2D eigenvalue weighted by Crippen LogP contribution is -2.15. The summed E-state index contributed by atoms with van der Waals surface area (Å²) in [7, 11) is -3.32. The van der Waals surface area contributed by atoms with Gasteiger partial charge in [0.25, 0.3) is 5.69 Å². The first-order chi connectivity index (χ1) is 11.3. The van der Waals surface area contributed by atoms with Crippen LogP contribution in [-0.2, 0) is 10.0 Å². The van der Waals surface area contributed by atoms with Crippen LogP contribution in [0.1, 0.15) is 18.9 Å². The Hall–Kier alpha value is -2.68. The van der Waals surface area contributed by atoms with Gasteiger partial charge in [-0.3, -0.25) is 14.8 Å². The molecular formula is C15H18N4O4S. The number of aromatic nitrogens is 1. The maximum absolute atomic E-state index is 11.7. The molecule has 8 nitrogen and oxygen atoms in total. The van der Waals surface area contributed by atoms with E-state index in [4.69, 9.17) is 0 Å². The smallest absolute Gasteiger partial charge is 0.290 e. The number of nitrogens with zero attached hydrogens (tertiary/aromatic N) is 2. The molecule has 9 heteroatoms. The summed E-state index contributed by atoms with van der Waals surface area (Å²) in [6, 6.07) is 8.24. The maximum atomic E-state index is 11.7. The van der Waals surface area contributed by atoms with Crippen LogP contribution >= 0.6 is 0 Å². The second kappa shape index (κ2) is 7.26. The molecule has 0 aliphatic rings. The fraction of sp³-hybridized carbons (Fsp3) is 0.267. The lowest BCUT2D eigenvalue weighted by atomic mass is 10.2. The van der Waals surface area contributed by atoms with Gasteiger partial charge in [0.2, 0.25) is 10.0 Å². The van der Waals surface area contributed by atoms with Gasteiger partial charge in [-0.15, -0.1) is 0 Å². The summed E-state index contributed by atoms with van der Waals surface area (Å²) < 4.78 is 25.9. The molecule has 0 aliphatic heterocycles. The number of benzene rings is 1. The van der Waals surface area contributed by atoms with E-state index in [9.17, 15) is 18.5 Å². The molecule has 0 unspecified atom stereocenters. The van der Waals surface area contributed by atoms with Gasteiger partial charge in [-0.2, -0.15) is 0 Å². The van der Waals surface area contributed by atoms with Crippen LogP contribution in [-0.4, -0.2) is 24.1 Å². The molecule has 0 saturated carbocycles. The number of rotatable bonds is 7. The number of nitrogens with one attached hydrogen (secondary N) is 2. The van der Waals surface area contributed by atoms with Gasteiger partial charge in [-0.1, -0.05) is 6.92 Å². The van der Waals surface area contributed by atoms with E-state index in [0.29, 0.717) is 29.2 Å². The normalized spacial score (nSPS) is 11.1. The minimum absolute atomic E-state index is 0.0405. The number of anilines is 3. The van der Waals surface area contributed by atoms with E-state index in [0.717, 1.165) is 0 Å². The van der Waals surface area contributed by atoms with Gasteiger partial charge in [0.15, 0.2) is 0 Å². The van der Waals surface area contributed by atoms with Gasteiger partial charge in [0, 0.05) is 16.9 Å². The van der Waals surface area contributed by atoms with Crippen LogP contribution in [0.25, 0.3) is 0 Å². The highest BCUT2D eigenvalue weighted by molar-refractivity contribution is 7.92. The summed E-state index contributed by atoms with van der Waals surface area (Å²) in [4.78, 5) is 14.3. The van der Waals surface area contributed by atoms with Crippen molar-refractivity contribution < 1.29 is 13.3 Å². The molecule has 1 aromatic heterocycles. The highest BCUT2D eigenvalue weighted by Crippen LogP contribution is 2.22. The molecule has 0 spiro atoms. The summed E-state index contributed by atoms with van der Waals surface area (Å²) in [5, 5.41) is 13.8. The highest BCUT2D eigenvalue weighted by atomic mass is 32.2. The molecule has 0 bridgehead atoms. The number of nitro groups is 1. The van der Waals surface area contributed by atoms with Crippen molar-refractivity contribution in [1.82, 2.24) is 4.98 Å². The van der Waals surface area contributed by atoms with E-state index < -0.39 is 14.9 Å². The van der Waals surface area contributed by atoms with Crippen LogP contribution < -0.4 is 10.0 Å². The van der Waals surface area contributed by atoms with Crippen molar-refractivity contribution in [3.8, 4) is 0 Å². The summed E-state index contributed by atoms with van der Waals surface area (Å²) in [6.07, 6.45) is 1.74. The molecule has 1 aromatic carbocycles. The van der Waals surface area contributed by atoms with Crippen molar-refractivity contribution in [1.29, 1.82) is 0 Å². The summed E-state index contributed by atoms with van der Waals surface area (Å²) in [5.74, 6) is 0.538. The predicted octanol–water partition coefficient (Wildman–Crippen LogP) is 3.19. The quantitative estimate of drug-likeness (QED) is 0.585. The van der Waals surface area contributed by atoms with Gasteiger partial charge in [-0.05, 0) is 43.7 Å². The Balaban J connectivity index is 2.09. The zero-order valence-corrected chi connectivity index (χ0v) is 14.1. The monoisotopic (exact) mass is 350 g/mol. The molecule has 0 amide bonds. The first-order valence-corrected chi connectivity index (χ1v) is 8.94. The van der Waals surface area contributed by atoms with Crippen molar-refractivity contribution in [3.05, 3.63) is 52.2 Å². The van der Waals surface area contributed by atoms with Crippen LogP contribution in [0.15, 0.2) is 36.5 Å². The van der Waals surface area contributed by atoms with Crippen LogP contribution in [0, 0.1) is 17.0 Å². The van der Waals surface area contributed by atoms with Gasteiger partial charge in [0.1, 0.15) is 12.0 Å². The Kier molecular flexibility index (Phi) is 5.35. The van der Waals surface area contributed by atoms with E-state index in [-0.39, 0.29) is 11.4 Å². The number of hydrogen-bond acceptors (Lipinski definition) is 6. The fourth-order valence-corrected chi connectivity index (χ4v) is 3.21. The second-order valence-corrected chi connectivity index (χ2v) is 7.08. The van der Waals surface area contributed by atoms with Crippen LogP contribution in [0.4, 0.5) is 22.9 Å².